The average molecular weight is 167 g/mol. The van der Waals surface area contributed by atoms with Crippen LogP contribution in [0.3, 0.4) is 0 Å². The van der Waals surface area contributed by atoms with E-state index in [1.54, 1.807) is 25.4 Å². The SMILES string of the molecule is CC1(F)CN(c2ncccn2)C1. The number of hydrogen-bond acceptors (Lipinski definition) is 3. The summed E-state index contributed by atoms with van der Waals surface area (Å²) in [5.41, 5.74) is -1.06. The third-order valence-corrected chi connectivity index (χ3v) is 1.88. The van der Waals surface area contributed by atoms with Crippen LogP contribution in [0.5, 0.6) is 0 Å². The lowest BCUT2D eigenvalue weighted by Gasteiger charge is -2.41. The van der Waals surface area contributed by atoms with Gasteiger partial charge in [0, 0.05) is 12.4 Å². The van der Waals surface area contributed by atoms with Crippen molar-refractivity contribution in [2.75, 3.05) is 18.0 Å². The Morgan fingerprint density at radius 2 is 2.00 bits per heavy atom. The highest BCUT2D eigenvalue weighted by molar-refractivity contribution is 5.35. The first-order valence-corrected chi connectivity index (χ1v) is 3.88. The highest BCUT2D eigenvalue weighted by Gasteiger charge is 2.39. The standard InChI is InChI=1S/C8H10FN3/c1-8(9)5-12(6-8)7-10-3-2-4-11-7/h2-4H,5-6H2,1H3. The summed E-state index contributed by atoms with van der Waals surface area (Å²) in [4.78, 5) is 9.85. The first kappa shape index (κ1) is 7.46. The van der Waals surface area contributed by atoms with Crippen molar-refractivity contribution in [1.29, 1.82) is 0 Å². The van der Waals surface area contributed by atoms with Crippen molar-refractivity contribution in [3.05, 3.63) is 18.5 Å². The molecule has 3 nitrogen and oxygen atoms in total. The Labute approximate surface area is 70.3 Å². The highest BCUT2D eigenvalue weighted by atomic mass is 19.1. The summed E-state index contributed by atoms with van der Waals surface area (Å²) in [5, 5.41) is 0. The fraction of sp³-hybridized carbons (Fsp3) is 0.500. The van der Waals surface area contributed by atoms with Gasteiger partial charge in [0.05, 0.1) is 13.1 Å². The van der Waals surface area contributed by atoms with Gasteiger partial charge in [0.25, 0.3) is 0 Å². The lowest BCUT2D eigenvalue weighted by molar-refractivity contribution is 0.143. The van der Waals surface area contributed by atoms with Crippen LogP contribution in [0.15, 0.2) is 18.5 Å². The first-order valence-electron chi connectivity index (χ1n) is 3.88. The van der Waals surface area contributed by atoms with E-state index in [1.165, 1.54) is 0 Å². The minimum absolute atomic E-state index is 0.400. The van der Waals surface area contributed by atoms with Crippen LogP contribution in [0.1, 0.15) is 6.92 Å². The second kappa shape index (κ2) is 2.40. The fourth-order valence-electron chi connectivity index (χ4n) is 1.35. The molecule has 0 aromatic carbocycles. The van der Waals surface area contributed by atoms with Gasteiger partial charge in [-0.05, 0) is 13.0 Å². The molecule has 0 aliphatic carbocycles. The van der Waals surface area contributed by atoms with E-state index in [9.17, 15) is 4.39 Å². The molecule has 0 amide bonds. The van der Waals surface area contributed by atoms with Crippen LogP contribution < -0.4 is 4.90 Å². The molecule has 0 spiro atoms. The van der Waals surface area contributed by atoms with Gasteiger partial charge in [0.2, 0.25) is 5.95 Å². The number of nitrogens with zero attached hydrogens (tertiary/aromatic N) is 3. The summed E-state index contributed by atoms with van der Waals surface area (Å²) in [7, 11) is 0. The topological polar surface area (TPSA) is 29.0 Å². The van der Waals surface area contributed by atoms with E-state index < -0.39 is 5.67 Å². The molecule has 12 heavy (non-hydrogen) atoms. The normalized spacial score (nSPS) is 20.3. The van der Waals surface area contributed by atoms with Crippen LogP contribution in [0.4, 0.5) is 10.3 Å². The monoisotopic (exact) mass is 167 g/mol. The van der Waals surface area contributed by atoms with Crippen LogP contribution in [0, 0.1) is 0 Å². The number of hydrogen-bond donors (Lipinski definition) is 0. The van der Waals surface area contributed by atoms with Crippen LogP contribution in [0.25, 0.3) is 0 Å². The molecule has 0 radical (unpaired) electrons. The smallest absolute Gasteiger partial charge is 0.225 e. The molecule has 4 heteroatoms. The second-order valence-electron chi connectivity index (χ2n) is 3.32. The Hall–Kier alpha value is -1.19. The van der Waals surface area contributed by atoms with E-state index in [1.807, 2.05) is 4.90 Å². The lowest BCUT2D eigenvalue weighted by atomic mass is 10.00. The maximum absolute atomic E-state index is 13.0. The van der Waals surface area contributed by atoms with Gasteiger partial charge in [-0.3, -0.25) is 0 Å². The summed E-state index contributed by atoms with van der Waals surface area (Å²) >= 11 is 0. The van der Waals surface area contributed by atoms with Crippen molar-refractivity contribution in [2.45, 2.75) is 12.6 Å². The zero-order valence-electron chi connectivity index (χ0n) is 6.87. The zero-order valence-corrected chi connectivity index (χ0v) is 6.87. The molecule has 0 N–H and O–H groups in total. The van der Waals surface area contributed by atoms with Crippen LogP contribution in [0.2, 0.25) is 0 Å². The molecular formula is C8H10FN3. The molecule has 2 heterocycles. The minimum atomic E-state index is -1.06. The molecule has 1 aliphatic rings. The summed E-state index contributed by atoms with van der Waals surface area (Å²) in [6.07, 6.45) is 3.33. The molecule has 1 aromatic rings. The largest absolute Gasteiger partial charge is 0.334 e. The van der Waals surface area contributed by atoms with Crippen LogP contribution >= 0.6 is 0 Å². The molecule has 2 rings (SSSR count). The molecule has 0 saturated carbocycles. The van der Waals surface area contributed by atoms with Crippen molar-refractivity contribution in [1.82, 2.24) is 9.97 Å². The number of rotatable bonds is 1. The maximum Gasteiger partial charge on any atom is 0.225 e. The number of aromatic nitrogens is 2. The van der Waals surface area contributed by atoms with Gasteiger partial charge >= 0.3 is 0 Å². The fourth-order valence-corrected chi connectivity index (χ4v) is 1.35. The predicted octanol–water partition coefficient (Wildman–Crippen LogP) is 1.02. The first-order chi connectivity index (χ1) is 5.67. The molecule has 0 bridgehead atoms. The molecule has 64 valence electrons. The summed E-state index contributed by atoms with van der Waals surface area (Å²) in [6.45, 7) is 2.39. The summed E-state index contributed by atoms with van der Waals surface area (Å²) in [6, 6.07) is 1.75. The lowest BCUT2D eigenvalue weighted by Crippen LogP contribution is -2.57. The summed E-state index contributed by atoms with van der Waals surface area (Å²) < 4.78 is 13.0. The van der Waals surface area contributed by atoms with Crippen molar-refractivity contribution in [3.8, 4) is 0 Å². The third-order valence-electron chi connectivity index (χ3n) is 1.88. The van der Waals surface area contributed by atoms with E-state index in [4.69, 9.17) is 0 Å². The van der Waals surface area contributed by atoms with Crippen LogP contribution in [-0.4, -0.2) is 28.7 Å². The Bertz CT molecular complexity index is 265. The molecule has 1 fully saturated rings. The second-order valence-corrected chi connectivity index (χ2v) is 3.32. The average Bonchev–Trinajstić information content (AvgIpc) is 2.02. The van der Waals surface area contributed by atoms with Crippen LogP contribution in [-0.2, 0) is 0 Å². The summed E-state index contributed by atoms with van der Waals surface area (Å²) in [5.74, 6) is 0.618. The predicted molar refractivity (Wildman–Crippen MR) is 43.8 cm³/mol. The van der Waals surface area contributed by atoms with E-state index >= 15 is 0 Å². The molecule has 1 aliphatic heterocycles. The Morgan fingerprint density at radius 1 is 1.42 bits per heavy atom. The van der Waals surface area contributed by atoms with E-state index in [0.29, 0.717) is 19.0 Å². The molecule has 0 unspecified atom stereocenters. The van der Waals surface area contributed by atoms with Gasteiger partial charge in [-0.1, -0.05) is 0 Å². The Morgan fingerprint density at radius 3 is 2.50 bits per heavy atom. The van der Waals surface area contributed by atoms with Crippen molar-refractivity contribution in [2.24, 2.45) is 0 Å². The van der Waals surface area contributed by atoms with Gasteiger partial charge in [0.1, 0.15) is 5.67 Å². The molecular weight excluding hydrogens is 157 g/mol. The van der Waals surface area contributed by atoms with Gasteiger partial charge < -0.3 is 4.90 Å². The Kier molecular flexibility index (Phi) is 1.49. The van der Waals surface area contributed by atoms with Gasteiger partial charge in [-0.25, -0.2) is 14.4 Å². The van der Waals surface area contributed by atoms with Crippen molar-refractivity contribution in [3.63, 3.8) is 0 Å². The molecule has 1 saturated heterocycles. The van der Waals surface area contributed by atoms with Crippen molar-refractivity contribution < 1.29 is 4.39 Å². The third kappa shape index (κ3) is 1.24. The van der Waals surface area contributed by atoms with E-state index in [-0.39, 0.29) is 0 Å². The molecule has 1 aromatic heterocycles. The van der Waals surface area contributed by atoms with Gasteiger partial charge in [-0.2, -0.15) is 0 Å². The van der Waals surface area contributed by atoms with E-state index in [0.717, 1.165) is 0 Å². The quantitative estimate of drug-likeness (QED) is 0.625. The number of alkyl halides is 1. The van der Waals surface area contributed by atoms with Crippen molar-refractivity contribution >= 4 is 5.95 Å². The van der Waals surface area contributed by atoms with E-state index in [2.05, 4.69) is 9.97 Å². The number of anilines is 1. The number of halogens is 1. The highest BCUT2D eigenvalue weighted by Crippen LogP contribution is 2.26. The van der Waals surface area contributed by atoms with Gasteiger partial charge in [-0.15, -0.1) is 0 Å². The van der Waals surface area contributed by atoms with Gasteiger partial charge in [0.15, 0.2) is 0 Å². The zero-order chi connectivity index (χ0) is 8.60. The Balaban J connectivity index is 2.06. The maximum atomic E-state index is 13.0. The minimum Gasteiger partial charge on any atom is -0.334 e. The molecule has 0 atom stereocenters.